The molecule has 3 aromatic rings. The van der Waals surface area contributed by atoms with Gasteiger partial charge >= 0.3 is 0 Å². The number of nitrogens with zero attached hydrogens (tertiary/aromatic N) is 3. The second-order valence-electron chi connectivity index (χ2n) is 7.94. The highest BCUT2D eigenvalue weighted by atomic mass is 16.3. The molecule has 0 aliphatic carbocycles. The van der Waals surface area contributed by atoms with E-state index < -0.39 is 6.10 Å². The van der Waals surface area contributed by atoms with E-state index in [1.807, 2.05) is 48.2 Å². The normalized spacial score (nSPS) is 16.0. The molecular weight excluding hydrogens is 378 g/mol. The Balaban J connectivity index is 1.50. The van der Waals surface area contributed by atoms with Gasteiger partial charge in [-0.15, -0.1) is 0 Å². The number of piperidine rings is 1. The van der Waals surface area contributed by atoms with Crippen LogP contribution in [-0.2, 0) is 6.54 Å². The Labute approximate surface area is 175 Å². The molecule has 6 heteroatoms. The summed E-state index contributed by atoms with van der Waals surface area (Å²) < 4.78 is 1.68. The van der Waals surface area contributed by atoms with Gasteiger partial charge in [0.15, 0.2) is 0 Å². The Kier molecular flexibility index (Phi) is 5.68. The number of aryl methyl sites for hydroxylation is 2. The minimum Gasteiger partial charge on any atom is -0.388 e. The summed E-state index contributed by atoms with van der Waals surface area (Å²) in [6.45, 7) is 5.42. The smallest absolute Gasteiger partial charge is 0.272 e. The first-order chi connectivity index (χ1) is 14.5. The number of carbonyl (C=O) groups is 1. The highest BCUT2D eigenvalue weighted by Crippen LogP contribution is 2.31. The monoisotopic (exact) mass is 405 g/mol. The molecule has 0 spiro atoms. The van der Waals surface area contributed by atoms with Gasteiger partial charge in [-0.25, -0.2) is 4.98 Å². The molecule has 1 fully saturated rings. The summed E-state index contributed by atoms with van der Waals surface area (Å²) in [5.41, 5.74) is 3.26. The Morgan fingerprint density at radius 1 is 1.17 bits per heavy atom. The molecule has 1 aliphatic heterocycles. The van der Waals surface area contributed by atoms with Crippen molar-refractivity contribution in [1.29, 1.82) is 0 Å². The van der Waals surface area contributed by atoms with Crippen molar-refractivity contribution in [2.75, 3.05) is 13.1 Å². The third-order valence-corrected chi connectivity index (χ3v) is 6.09. The molecule has 156 valence electrons. The zero-order chi connectivity index (χ0) is 21.3. The van der Waals surface area contributed by atoms with Gasteiger partial charge in [0.1, 0.15) is 5.69 Å². The number of aliphatic hydroxyl groups excluding tert-OH is 1. The van der Waals surface area contributed by atoms with E-state index in [1.165, 1.54) is 0 Å². The average molecular weight is 405 g/mol. The maximum Gasteiger partial charge on any atom is 0.272 e. The van der Waals surface area contributed by atoms with Crippen molar-refractivity contribution in [2.45, 2.75) is 39.3 Å². The Hall–Kier alpha value is -2.99. The molecule has 2 aromatic carbocycles. The quantitative estimate of drug-likeness (QED) is 0.723. The van der Waals surface area contributed by atoms with Crippen LogP contribution in [0.3, 0.4) is 0 Å². The molecule has 6 nitrogen and oxygen atoms in total. The number of amides is 1. The first-order valence-electron chi connectivity index (χ1n) is 10.5. The summed E-state index contributed by atoms with van der Waals surface area (Å²) >= 11 is 0. The van der Waals surface area contributed by atoms with Gasteiger partial charge in [0.25, 0.3) is 11.5 Å². The molecule has 1 saturated heterocycles. The first kappa shape index (κ1) is 20.3. The van der Waals surface area contributed by atoms with Gasteiger partial charge in [0.2, 0.25) is 0 Å². The van der Waals surface area contributed by atoms with Gasteiger partial charge in [0.05, 0.1) is 17.1 Å². The third-order valence-electron chi connectivity index (χ3n) is 6.09. The number of aliphatic hydroxyl groups is 1. The lowest BCUT2D eigenvalue weighted by Crippen LogP contribution is -2.39. The number of likely N-dealkylation sites (tertiary alicyclic amines) is 1. The number of benzene rings is 2. The van der Waals surface area contributed by atoms with Crippen LogP contribution in [0.4, 0.5) is 0 Å². The molecule has 0 saturated carbocycles. The van der Waals surface area contributed by atoms with Crippen LogP contribution >= 0.6 is 0 Å². The van der Waals surface area contributed by atoms with E-state index in [0.717, 1.165) is 23.9 Å². The van der Waals surface area contributed by atoms with Gasteiger partial charge in [-0.2, -0.15) is 0 Å². The molecule has 1 amide bonds. The third kappa shape index (κ3) is 3.75. The van der Waals surface area contributed by atoms with Crippen LogP contribution in [0, 0.1) is 12.8 Å². The molecule has 1 atom stereocenters. The minimum atomic E-state index is -0.498. The van der Waals surface area contributed by atoms with E-state index in [9.17, 15) is 14.7 Å². The van der Waals surface area contributed by atoms with Crippen LogP contribution in [0.5, 0.6) is 0 Å². The number of aromatic nitrogens is 2. The van der Waals surface area contributed by atoms with E-state index >= 15 is 0 Å². The molecular formula is C24H27N3O3. The van der Waals surface area contributed by atoms with Crippen LogP contribution in [-0.4, -0.2) is 38.6 Å². The predicted molar refractivity (Wildman–Crippen MR) is 116 cm³/mol. The zero-order valence-electron chi connectivity index (χ0n) is 17.4. The van der Waals surface area contributed by atoms with Crippen molar-refractivity contribution >= 4 is 16.9 Å². The maximum absolute atomic E-state index is 13.1. The van der Waals surface area contributed by atoms with E-state index in [-0.39, 0.29) is 17.4 Å². The van der Waals surface area contributed by atoms with Gasteiger partial charge in [-0.3, -0.25) is 9.59 Å². The average Bonchev–Trinajstić information content (AvgIpc) is 2.79. The molecule has 1 N–H and O–H groups in total. The lowest BCUT2D eigenvalue weighted by molar-refractivity contribution is 0.0462. The summed E-state index contributed by atoms with van der Waals surface area (Å²) in [7, 11) is 0. The molecule has 0 radical (unpaired) electrons. The van der Waals surface area contributed by atoms with Crippen LogP contribution in [0.25, 0.3) is 11.0 Å². The van der Waals surface area contributed by atoms with E-state index in [0.29, 0.717) is 36.4 Å². The topological polar surface area (TPSA) is 75.4 Å². The summed E-state index contributed by atoms with van der Waals surface area (Å²) in [5, 5.41) is 10.7. The Bertz CT molecular complexity index is 1120. The second kappa shape index (κ2) is 8.40. The summed E-state index contributed by atoms with van der Waals surface area (Å²) in [4.78, 5) is 31.6. The molecule has 1 aromatic heterocycles. The number of hydrogen-bond donors (Lipinski definition) is 1. The van der Waals surface area contributed by atoms with Crippen molar-refractivity contribution in [3.63, 3.8) is 0 Å². The first-order valence-corrected chi connectivity index (χ1v) is 10.5. The molecule has 2 heterocycles. The molecule has 1 aliphatic rings. The number of carbonyl (C=O) groups excluding carboxylic acids is 1. The van der Waals surface area contributed by atoms with Crippen LogP contribution in [0.2, 0.25) is 0 Å². The fourth-order valence-electron chi connectivity index (χ4n) is 4.34. The lowest BCUT2D eigenvalue weighted by Gasteiger charge is -2.34. The second-order valence-corrected chi connectivity index (χ2v) is 7.94. The van der Waals surface area contributed by atoms with Gasteiger partial charge < -0.3 is 14.6 Å². The van der Waals surface area contributed by atoms with Crippen LogP contribution in [0.1, 0.15) is 47.5 Å². The fraction of sp³-hybridized carbons (Fsp3) is 0.375. The molecule has 30 heavy (non-hydrogen) atoms. The number of fused-ring (bicyclic) bond motifs is 1. The Morgan fingerprint density at radius 2 is 1.87 bits per heavy atom. The van der Waals surface area contributed by atoms with Crippen molar-refractivity contribution in [3.05, 3.63) is 75.7 Å². The van der Waals surface area contributed by atoms with Gasteiger partial charge in [0, 0.05) is 25.2 Å². The number of rotatable bonds is 4. The van der Waals surface area contributed by atoms with Crippen molar-refractivity contribution in [3.8, 4) is 0 Å². The van der Waals surface area contributed by atoms with Gasteiger partial charge in [-0.05, 0) is 56.4 Å². The number of hydrogen-bond acceptors (Lipinski definition) is 4. The highest BCUT2D eigenvalue weighted by molar-refractivity contribution is 5.97. The summed E-state index contributed by atoms with van der Waals surface area (Å²) in [6, 6.07) is 15.1. The fourth-order valence-corrected chi connectivity index (χ4v) is 4.34. The van der Waals surface area contributed by atoms with E-state index in [2.05, 4.69) is 4.98 Å². The predicted octanol–water partition coefficient (Wildman–Crippen LogP) is 3.31. The molecule has 4 rings (SSSR count). The summed E-state index contributed by atoms with van der Waals surface area (Å²) in [6.07, 6.45) is 1.03. The van der Waals surface area contributed by atoms with Crippen LogP contribution < -0.4 is 5.56 Å². The maximum atomic E-state index is 13.1. The molecule has 1 unspecified atom stereocenters. The minimum absolute atomic E-state index is 0.0294. The zero-order valence-corrected chi connectivity index (χ0v) is 17.4. The molecule has 0 bridgehead atoms. The van der Waals surface area contributed by atoms with Gasteiger partial charge in [-0.1, -0.05) is 30.3 Å². The SMILES string of the molecule is CCn1c(=O)c(C)nc2cc(C(=O)N3CCC(C(O)c4ccccc4)CC3)ccc21. The largest absolute Gasteiger partial charge is 0.388 e. The standard InChI is InChI=1S/C24H27N3O3/c1-3-27-21-10-9-19(15-20(21)25-16(2)23(27)29)24(30)26-13-11-18(12-14-26)22(28)17-7-5-4-6-8-17/h4-10,15,18,22,28H,3,11-14H2,1-2H3. The van der Waals surface area contributed by atoms with E-state index in [4.69, 9.17) is 0 Å². The van der Waals surface area contributed by atoms with Crippen molar-refractivity contribution < 1.29 is 9.90 Å². The van der Waals surface area contributed by atoms with Crippen molar-refractivity contribution in [2.24, 2.45) is 5.92 Å². The highest BCUT2D eigenvalue weighted by Gasteiger charge is 2.28. The summed E-state index contributed by atoms with van der Waals surface area (Å²) in [5.74, 6) is 0.120. The van der Waals surface area contributed by atoms with E-state index in [1.54, 1.807) is 23.6 Å². The van der Waals surface area contributed by atoms with Crippen LogP contribution in [0.15, 0.2) is 53.3 Å². The Morgan fingerprint density at radius 3 is 2.53 bits per heavy atom. The lowest BCUT2D eigenvalue weighted by atomic mass is 9.87. The van der Waals surface area contributed by atoms with Crippen molar-refractivity contribution in [1.82, 2.24) is 14.5 Å².